The van der Waals surface area contributed by atoms with E-state index in [1.807, 2.05) is 0 Å². The normalized spacial score (nSPS) is 10.6. The summed E-state index contributed by atoms with van der Waals surface area (Å²) in [5, 5.41) is 17.9. The maximum atomic E-state index is 10.6. The highest BCUT2D eigenvalue weighted by atomic mass is 79.9. The first-order chi connectivity index (χ1) is 9.38. The third-order valence-electron chi connectivity index (χ3n) is 2.28. The predicted molar refractivity (Wildman–Crippen MR) is 76.4 cm³/mol. The average molecular weight is 367 g/mol. The third kappa shape index (κ3) is 6.23. The number of carbonyl (C=O) groups is 2. The van der Waals surface area contributed by atoms with Crippen molar-refractivity contribution >= 4 is 39.5 Å². The minimum absolute atomic E-state index is 0.167. The number of aliphatic carboxylic acids is 2. The molecule has 1 aromatic carbocycles. The number of hydrogen-bond donors (Lipinski definition) is 2. The van der Waals surface area contributed by atoms with Gasteiger partial charge in [0, 0.05) is 11.6 Å². The second kappa shape index (κ2) is 8.08. The molecule has 0 saturated carbocycles. The van der Waals surface area contributed by atoms with Gasteiger partial charge in [0.2, 0.25) is 0 Å². The Balaban J connectivity index is 2.50. The Bertz CT molecular complexity index is 481. The molecule has 0 atom stereocenters. The second-order valence-corrected chi connectivity index (χ2v) is 5.21. The molecule has 0 bridgehead atoms. The molecule has 0 aliphatic heterocycles. The molecule has 0 unspecified atom stereocenters. The maximum absolute atomic E-state index is 10.6. The van der Waals surface area contributed by atoms with E-state index in [0.717, 1.165) is 0 Å². The van der Waals surface area contributed by atoms with Crippen molar-refractivity contribution in [1.29, 1.82) is 0 Å². The summed E-state index contributed by atoms with van der Waals surface area (Å²) in [6.45, 7) is -0.344. The molecular formula is C12H13BrClNO5. The summed E-state index contributed by atoms with van der Waals surface area (Å²) in [4.78, 5) is 22.5. The van der Waals surface area contributed by atoms with E-state index in [9.17, 15) is 9.59 Å². The van der Waals surface area contributed by atoms with Gasteiger partial charge in [0.25, 0.3) is 0 Å². The number of rotatable bonds is 8. The summed E-state index contributed by atoms with van der Waals surface area (Å²) < 4.78 is 6.13. The standard InChI is InChI=1S/C12H13BrClNO5/c13-9-5-8(14)1-2-10(9)20-4-3-15(6-11(16)17)7-12(18)19/h1-2,5H,3-4,6-7H2,(H,16,17)(H,18,19). The van der Waals surface area contributed by atoms with Crippen molar-refractivity contribution in [3.05, 3.63) is 27.7 Å². The number of carboxylic acids is 2. The molecule has 0 aliphatic rings. The molecule has 0 aromatic heterocycles. The average Bonchev–Trinajstić information content (AvgIpc) is 2.30. The van der Waals surface area contributed by atoms with Crippen LogP contribution in [0.3, 0.4) is 0 Å². The smallest absolute Gasteiger partial charge is 0.317 e. The van der Waals surface area contributed by atoms with Gasteiger partial charge in [0.1, 0.15) is 12.4 Å². The molecular weight excluding hydrogens is 353 g/mol. The van der Waals surface area contributed by atoms with Gasteiger partial charge in [-0.3, -0.25) is 14.5 Å². The fourth-order valence-electron chi connectivity index (χ4n) is 1.47. The third-order valence-corrected chi connectivity index (χ3v) is 3.13. The lowest BCUT2D eigenvalue weighted by Gasteiger charge is -2.18. The van der Waals surface area contributed by atoms with Gasteiger partial charge >= 0.3 is 11.9 Å². The van der Waals surface area contributed by atoms with Crippen molar-refractivity contribution in [1.82, 2.24) is 4.90 Å². The minimum Gasteiger partial charge on any atom is -0.491 e. The molecule has 2 N–H and O–H groups in total. The molecule has 0 aliphatic carbocycles. The van der Waals surface area contributed by atoms with Crippen LogP contribution in [0, 0.1) is 0 Å². The van der Waals surface area contributed by atoms with Crippen molar-refractivity contribution in [2.24, 2.45) is 0 Å². The summed E-state index contributed by atoms with van der Waals surface area (Å²) in [6.07, 6.45) is 0. The largest absolute Gasteiger partial charge is 0.491 e. The van der Waals surface area contributed by atoms with E-state index in [4.69, 9.17) is 26.6 Å². The Morgan fingerprint density at radius 1 is 1.25 bits per heavy atom. The Hall–Kier alpha value is -1.31. The molecule has 0 saturated heterocycles. The van der Waals surface area contributed by atoms with Crippen LogP contribution in [0.4, 0.5) is 0 Å². The second-order valence-electron chi connectivity index (χ2n) is 3.92. The molecule has 1 aromatic rings. The van der Waals surface area contributed by atoms with Gasteiger partial charge in [-0.1, -0.05) is 11.6 Å². The van der Waals surface area contributed by atoms with Crippen LogP contribution >= 0.6 is 27.5 Å². The van der Waals surface area contributed by atoms with Gasteiger partial charge < -0.3 is 14.9 Å². The topological polar surface area (TPSA) is 87.1 Å². The number of ether oxygens (including phenoxy) is 1. The Morgan fingerprint density at radius 2 is 1.85 bits per heavy atom. The number of halogens is 2. The van der Waals surface area contributed by atoms with Gasteiger partial charge in [-0.15, -0.1) is 0 Å². The van der Waals surface area contributed by atoms with E-state index < -0.39 is 11.9 Å². The van der Waals surface area contributed by atoms with Gasteiger partial charge in [0.15, 0.2) is 0 Å². The van der Waals surface area contributed by atoms with Gasteiger partial charge in [0.05, 0.1) is 17.6 Å². The van der Waals surface area contributed by atoms with Crippen LogP contribution in [-0.2, 0) is 9.59 Å². The lowest BCUT2D eigenvalue weighted by Crippen LogP contribution is -2.37. The fraction of sp³-hybridized carbons (Fsp3) is 0.333. The number of benzene rings is 1. The van der Waals surface area contributed by atoms with E-state index >= 15 is 0 Å². The van der Waals surface area contributed by atoms with Crippen LogP contribution in [-0.4, -0.2) is 53.3 Å². The molecule has 0 fully saturated rings. The van der Waals surface area contributed by atoms with Crippen molar-refractivity contribution in [3.8, 4) is 5.75 Å². The summed E-state index contributed by atoms with van der Waals surface area (Å²) in [5.74, 6) is -1.61. The van der Waals surface area contributed by atoms with E-state index in [1.54, 1.807) is 18.2 Å². The molecule has 0 spiro atoms. The summed E-state index contributed by atoms with van der Waals surface area (Å²) in [6, 6.07) is 5.00. The van der Waals surface area contributed by atoms with E-state index in [0.29, 0.717) is 15.2 Å². The maximum Gasteiger partial charge on any atom is 0.317 e. The number of nitrogens with zero attached hydrogens (tertiary/aromatic N) is 1. The van der Waals surface area contributed by atoms with Gasteiger partial charge in [-0.2, -0.15) is 0 Å². The molecule has 110 valence electrons. The quantitative estimate of drug-likeness (QED) is 0.731. The lowest BCUT2D eigenvalue weighted by molar-refractivity contribution is -0.141. The first-order valence-corrected chi connectivity index (χ1v) is 6.79. The van der Waals surface area contributed by atoms with E-state index in [1.165, 1.54) is 4.90 Å². The van der Waals surface area contributed by atoms with E-state index in [-0.39, 0.29) is 26.2 Å². The highest BCUT2D eigenvalue weighted by molar-refractivity contribution is 9.10. The molecule has 1 rings (SSSR count). The highest BCUT2D eigenvalue weighted by Crippen LogP contribution is 2.27. The zero-order chi connectivity index (χ0) is 15.1. The van der Waals surface area contributed by atoms with Crippen molar-refractivity contribution in [3.63, 3.8) is 0 Å². The first kappa shape index (κ1) is 16.7. The van der Waals surface area contributed by atoms with Crippen molar-refractivity contribution in [2.75, 3.05) is 26.2 Å². The van der Waals surface area contributed by atoms with E-state index in [2.05, 4.69) is 15.9 Å². The first-order valence-electron chi connectivity index (χ1n) is 5.62. The van der Waals surface area contributed by atoms with Crippen LogP contribution in [0.1, 0.15) is 0 Å². The van der Waals surface area contributed by atoms with Gasteiger partial charge in [-0.25, -0.2) is 0 Å². The Kier molecular flexibility index (Phi) is 6.77. The molecule has 8 heteroatoms. The van der Waals surface area contributed by atoms with Crippen LogP contribution in [0.5, 0.6) is 5.75 Å². The van der Waals surface area contributed by atoms with Gasteiger partial charge in [-0.05, 0) is 34.1 Å². The summed E-state index contributed by atoms with van der Waals surface area (Å²) in [5.41, 5.74) is 0. The molecule has 0 amide bonds. The summed E-state index contributed by atoms with van der Waals surface area (Å²) >= 11 is 9.08. The Morgan fingerprint density at radius 3 is 2.35 bits per heavy atom. The molecule has 0 radical (unpaired) electrons. The highest BCUT2D eigenvalue weighted by Gasteiger charge is 2.13. The summed E-state index contributed by atoms with van der Waals surface area (Å²) in [7, 11) is 0. The van der Waals surface area contributed by atoms with Crippen LogP contribution in [0.2, 0.25) is 5.02 Å². The lowest BCUT2D eigenvalue weighted by atomic mass is 10.3. The zero-order valence-electron chi connectivity index (χ0n) is 10.4. The minimum atomic E-state index is -1.08. The molecule has 6 nitrogen and oxygen atoms in total. The van der Waals surface area contributed by atoms with Crippen LogP contribution in [0.25, 0.3) is 0 Å². The van der Waals surface area contributed by atoms with Crippen LogP contribution in [0.15, 0.2) is 22.7 Å². The van der Waals surface area contributed by atoms with Crippen molar-refractivity contribution in [2.45, 2.75) is 0 Å². The SMILES string of the molecule is O=C(O)CN(CCOc1ccc(Cl)cc1Br)CC(=O)O. The van der Waals surface area contributed by atoms with Crippen molar-refractivity contribution < 1.29 is 24.5 Å². The molecule has 0 heterocycles. The predicted octanol–water partition coefficient (Wildman–Crippen LogP) is 1.95. The Labute approximate surface area is 129 Å². The number of hydrogen-bond acceptors (Lipinski definition) is 4. The van der Waals surface area contributed by atoms with Crippen LogP contribution < -0.4 is 4.74 Å². The monoisotopic (exact) mass is 365 g/mol. The zero-order valence-corrected chi connectivity index (χ0v) is 12.7. The molecule has 20 heavy (non-hydrogen) atoms. The fourth-order valence-corrected chi connectivity index (χ4v) is 2.27. The number of carboxylic acid groups (broad SMARTS) is 2.